The monoisotopic (exact) mass is 353 g/mol. The molecule has 2 rings (SSSR count). The molecule has 7 heteroatoms. The number of nitrogens with two attached hydrogens (primary N) is 1. The molecule has 0 aliphatic heterocycles. The fourth-order valence-electron chi connectivity index (χ4n) is 2.61. The van der Waals surface area contributed by atoms with Crippen molar-refractivity contribution < 1.29 is 4.79 Å². The highest BCUT2D eigenvalue weighted by molar-refractivity contribution is 7.09. The van der Waals surface area contributed by atoms with Gasteiger partial charge in [-0.2, -0.15) is 0 Å². The van der Waals surface area contributed by atoms with E-state index in [1.165, 1.54) is 0 Å². The number of carbonyl (C=O) groups excluding carboxylic acids is 1. The Balaban J connectivity index is 0.00000200. The number of aromatic nitrogens is 1. The third kappa shape index (κ3) is 5.74. The van der Waals surface area contributed by atoms with E-state index in [0.717, 1.165) is 30.7 Å². The second-order valence-electron chi connectivity index (χ2n) is 5.73. The molecule has 1 saturated carbocycles. The first kappa shape index (κ1) is 20.6. The van der Waals surface area contributed by atoms with Gasteiger partial charge in [-0.3, -0.25) is 4.79 Å². The van der Waals surface area contributed by atoms with Crippen LogP contribution in [0.15, 0.2) is 5.38 Å². The summed E-state index contributed by atoms with van der Waals surface area (Å²) in [6, 6.07) is 0.229. The number of amides is 1. The minimum Gasteiger partial charge on any atom is -0.348 e. The molecule has 2 unspecified atom stereocenters. The Kier molecular flexibility index (Phi) is 9.45. The molecule has 0 saturated heterocycles. The van der Waals surface area contributed by atoms with E-state index in [4.69, 9.17) is 5.73 Å². The zero-order valence-corrected chi connectivity index (χ0v) is 15.0. The van der Waals surface area contributed by atoms with Crippen molar-refractivity contribution in [3.63, 3.8) is 0 Å². The van der Waals surface area contributed by atoms with E-state index in [2.05, 4.69) is 24.1 Å². The van der Waals surface area contributed by atoms with Crippen LogP contribution in [0, 0.1) is 11.8 Å². The Labute approximate surface area is 143 Å². The molecule has 0 radical (unpaired) electrons. The first-order valence-corrected chi connectivity index (χ1v) is 7.93. The van der Waals surface area contributed by atoms with E-state index in [1.807, 2.05) is 5.38 Å². The zero-order valence-electron chi connectivity index (χ0n) is 12.5. The summed E-state index contributed by atoms with van der Waals surface area (Å²) in [6.07, 6.45) is 4.25. The van der Waals surface area contributed by atoms with E-state index in [9.17, 15) is 4.79 Å². The normalized spacial score (nSPS) is 20.8. The van der Waals surface area contributed by atoms with Crippen LogP contribution < -0.4 is 11.1 Å². The third-order valence-electron chi connectivity index (χ3n) is 3.65. The van der Waals surface area contributed by atoms with Crippen molar-refractivity contribution >= 4 is 42.1 Å². The maximum Gasteiger partial charge on any atom is 0.270 e. The van der Waals surface area contributed by atoms with Crippen molar-refractivity contribution in [3.8, 4) is 0 Å². The smallest absolute Gasteiger partial charge is 0.270 e. The lowest BCUT2D eigenvalue weighted by molar-refractivity contribution is 0.0924. The third-order valence-corrected chi connectivity index (χ3v) is 4.52. The summed E-state index contributed by atoms with van der Waals surface area (Å²) in [5, 5.41) is 5.99. The number of carbonyl (C=O) groups is 1. The van der Waals surface area contributed by atoms with Gasteiger partial charge in [-0.15, -0.1) is 36.2 Å². The Hall–Kier alpha value is -0.360. The summed E-state index contributed by atoms with van der Waals surface area (Å²) < 4.78 is 0. The van der Waals surface area contributed by atoms with Gasteiger partial charge in [-0.05, 0) is 31.2 Å². The molecule has 0 bridgehead atoms. The maximum atomic E-state index is 12.2. The van der Waals surface area contributed by atoms with Crippen LogP contribution in [0.1, 0.15) is 48.6 Å². The van der Waals surface area contributed by atoms with E-state index in [-0.39, 0.29) is 36.8 Å². The molecule has 1 aromatic heterocycles. The van der Waals surface area contributed by atoms with E-state index >= 15 is 0 Å². The number of nitrogens with zero attached hydrogens (tertiary/aromatic N) is 1. The predicted molar refractivity (Wildman–Crippen MR) is 92.8 cm³/mol. The minimum atomic E-state index is -0.0448. The molecule has 2 atom stereocenters. The summed E-state index contributed by atoms with van der Waals surface area (Å²) in [5.41, 5.74) is 6.29. The van der Waals surface area contributed by atoms with Crippen molar-refractivity contribution in [2.45, 2.75) is 45.6 Å². The van der Waals surface area contributed by atoms with Gasteiger partial charge in [-0.25, -0.2) is 4.98 Å². The first-order chi connectivity index (χ1) is 9.10. The summed E-state index contributed by atoms with van der Waals surface area (Å²) in [6.45, 7) is 4.97. The number of nitrogens with one attached hydrogen (secondary N) is 1. The highest BCUT2D eigenvalue weighted by atomic mass is 35.5. The lowest BCUT2D eigenvalue weighted by Crippen LogP contribution is -2.40. The second-order valence-corrected chi connectivity index (χ2v) is 6.67. The van der Waals surface area contributed by atoms with Gasteiger partial charge in [-0.1, -0.05) is 20.3 Å². The van der Waals surface area contributed by atoms with Gasteiger partial charge in [0.1, 0.15) is 5.69 Å². The van der Waals surface area contributed by atoms with Crippen LogP contribution in [0.4, 0.5) is 0 Å². The lowest BCUT2D eigenvalue weighted by Gasteiger charge is -2.18. The average molecular weight is 354 g/mol. The molecule has 21 heavy (non-hydrogen) atoms. The SMILES string of the molecule is CC(C)Cc1nc(C(=O)NC2CCCC2CN)cs1.Cl.Cl. The van der Waals surface area contributed by atoms with Gasteiger partial charge in [0.05, 0.1) is 5.01 Å². The fraction of sp³-hybridized carbons (Fsp3) is 0.714. The van der Waals surface area contributed by atoms with Gasteiger partial charge >= 0.3 is 0 Å². The Bertz CT molecular complexity index is 440. The summed E-state index contributed by atoms with van der Waals surface area (Å²) in [7, 11) is 0. The molecule has 4 nitrogen and oxygen atoms in total. The summed E-state index contributed by atoms with van der Waals surface area (Å²) in [4.78, 5) is 16.6. The minimum absolute atomic E-state index is 0. The van der Waals surface area contributed by atoms with E-state index < -0.39 is 0 Å². The molecular weight excluding hydrogens is 329 g/mol. The number of halogens is 2. The van der Waals surface area contributed by atoms with Crippen LogP contribution in [0.5, 0.6) is 0 Å². The van der Waals surface area contributed by atoms with Crippen molar-refractivity contribution in [3.05, 3.63) is 16.1 Å². The van der Waals surface area contributed by atoms with Crippen LogP contribution in [0.25, 0.3) is 0 Å². The molecule has 0 spiro atoms. The van der Waals surface area contributed by atoms with Crippen LogP contribution in [0.3, 0.4) is 0 Å². The van der Waals surface area contributed by atoms with Crippen LogP contribution >= 0.6 is 36.2 Å². The molecule has 1 aliphatic rings. The molecule has 1 heterocycles. The maximum absolute atomic E-state index is 12.2. The number of hydrogen-bond donors (Lipinski definition) is 2. The first-order valence-electron chi connectivity index (χ1n) is 7.05. The van der Waals surface area contributed by atoms with E-state index in [0.29, 0.717) is 24.1 Å². The molecule has 1 aliphatic carbocycles. The molecule has 1 aromatic rings. The van der Waals surface area contributed by atoms with Gasteiger partial charge in [0.2, 0.25) is 0 Å². The topological polar surface area (TPSA) is 68.0 Å². The summed E-state index contributed by atoms with van der Waals surface area (Å²) in [5.74, 6) is 0.952. The highest BCUT2D eigenvalue weighted by Gasteiger charge is 2.28. The Morgan fingerprint density at radius 2 is 2.19 bits per heavy atom. The summed E-state index contributed by atoms with van der Waals surface area (Å²) >= 11 is 1.57. The van der Waals surface area contributed by atoms with Gasteiger partial charge in [0, 0.05) is 17.8 Å². The average Bonchev–Trinajstić information content (AvgIpc) is 2.97. The Morgan fingerprint density at radius 1 is 1.48 bits per heavy atom. The fourth-order valence-corrected chi connectivity index (χ4v) is 3.60. The number of hydrogen-bond acceptors (Lipinski definition) is 4. The van der Waals surface area contributed by atoms with Crippen molar-refractivity contribution in [2.24, 2.45) is 17.6 Å². The molecule has 0 aromatic carbocycles. The van der Waals surface area contributed by atoms with Gasteiger partial charge < -0.3 is 11.1 Å². The number of rotatable bonds is 5. The van der Waals surface area contributed by atoms with Crippen LogP contribution in [-0.2, 0) is 6.42 Å². The quantitative estimate of drug-likeness (QED) is 0.854. The molecular formula is C14H25Cl2N3OS. The Morgan fingerprint density at radius 3 is 2.81 bits per heavy atom. The number of thiazole rings is 1. The predicted octanol–water partition coefficient (Wildman–Crippen LogP) is 3.04. The lowest BCUT2D eigenvalue weighted by atomic mass is 10.0. The van der Waals surface area contributed by atoms with Crippen LogP contribution in [0.2, 0.25) is 0 Å². The zero-order chi connectivity index (χ0) is 13.8. The van der Waals surface area contributed by atoms with Crippen molar-refractivity contribution in [1.29, 1.82) is 0 Å². The molecule has 122 valence electrons. The largest absolute Gasteiger partial charge is 0.348 e. The second kappa shape index (κ2) is 9.62. The molecule has 1 fully saturated rings. The van der Waals surface area contributed by atoms with Gasteiger partial charge in [0.15, 0.2) is 0 Å². The standard InChI is InChI=1S/C14H23N3OS.2ClH/c1-9(2)6-13-16-12(8-19-13)14(18)17-11-5-3-4-10(11)7-15;;/h8-11H,3-7,15H2,1-2H3,(H,17,18);2*1H. The molecule has 1 amide bonds. The van der Waals surface area contributed by atoms with Gasteiger partial charge in [0.25, 0.3) is 5.91 Å². The van der Waals surface area contributed by atoms with Crippen molar-refractivity contribution in [2.75, 3.05) is 6.54 Å². The van der Waals surface area contributed by atoms with Crippen LogP contribution in [-0.4, -0.2) is 23.5 Å². The van der Waals surface area contributed by atoms with Crippen molar-refractivity contribution in [1.82, 2.24) is 10.3 Å². The highest BCUT2D eigenvalue weighted by Crippen LogP contribution is 2.25. The molecule has 3 N–H and O–H groups in total. The van der Waals surface area contributed by atoms with E-state index in [1.54, 1.807) is 11.3 Å².